The van der Waals surface area contributed by atoms with Crippen LogP contribution < -0.4 is 10.1 Å². The molecule has 0 saturated heterocycles. The first-order valence-electron chi connectivity index (χ1n) is 9.73. The van der Waals surface area contributed by atoms with Gasteiger partial charge in [0.15, 0.2) is 5.82 Å². The molecule has 0 radical (unpaired) electrons. The van der Waals surface area contributed by atoms with Gasteiger partial charge in [0.2, 0.25) is 5.88 Å². The van der Waals surface area contributed by atoms with Crippen molar-refractivity contribution in [1.29, 1.82) is 0 Å². The van der Waals surface area contributed by atoms with E-state index in [1.807, 2.05) is 20.8 Å². The van der Waals surface area contributed by atoms with E-state index >= 15 is 0 Å². The lowest BCUT2D eigenvalue weighted by atomic mass is 10.2. The molecule has 0 atom stereocenters. The Bertz CT molecular complexity index is 1290. The summed E-state index contributed by atoms with van der Waals surface area (Å²) in [7, 11) is 0. The molecule has 1 amide bonds. The third kappa shape index (κ3) is 4.45. The Morgan fingerprint density at radius 2 is 1.78 bits per heavy atom. The molecule has 7 nitrogen and oxygen atoms in total. The average Bonchev–Trinajstić information content (AvgIpc) is 3.03. The number of aromatic nitrogens is 4. The highest BCUT2D eigenvalue weighted by Gasteiger charge is 2.13. The number of hydrogen-bond donors (Lipinski definition) is 1. The largest absolute Gasteiger partial charge is 0.438 e. The van der Waals surface area contributed by atoms with Crippen molar-refractivity contribution >= 4 is 23.2 Å². The van der Waals surface area contributed by atoms with Crippen molar-refractivity contribution in [3.8, 4) is 17.4 Å². The molecule has 0 spiro atoms. The SMILES string of the molecule is Cc1nn(-c2ccc(Oc3ccc(NC(=O)c4ccc(F)cc4Cl)cc3)nn2)c(C)c1C. The van der Waals surface area contributed by atoms with Crippen LogP contribution in [0.25, 0.3) is 5.82 Å². The molecule has 1 N–H and O–H groups in total. The average molecular weight is 452 g/mol. The molecule has 0 bridgehead atoms. The van der Waals surface area contributed by atoms with Gasteiger partial charge in [0.05, 0.1) is 16.3 Å². The van der Waals surface area contributed by atoms with E-state index in [4.69, 9.17) is 16.3 Å². The van der Waals surface area contributed by atoms with Gasteiger partial charge in [-0.05, 0) is 74.9 Å². The van der Waals surface area contributed by atoms with E-state index in [2.05, 4.69) is 20.6 Å². The molecule has 0 fully saturated rings. The van der Waals surface area contributed by atoms with E-state index in [1.165, 1.54) is 12.1 Å². The van der Waals surface area contributed by atoms with Crippen molar-refractivity contribution < 1.29 is 13.9 Å². The van der Waals surface area contributed by atoms with Crippen LogP contribution in [0.3, 0.4) is 0 Å². The minimum Gasteiger partial charge on any atom is -0.438 e. The Balaban J connectivity index is 1.42. The highest BCUT2D eigenvalue weighted by Crippen LogP contribution is 2.24. The zero-order valence-corrected chi connectivity index (χ0v) is 18.3. The van der Waals surface area contributed by atoms with E-state index in [9.17, 15) is 9.18 Å². The van der Waals surface area contributed by atoms with Gasteiger partial charge in [-0.1, -0.05) is 11.6 Å². The predicted molar refractivity (Wildman–Crippen MR) is 119 cm³/mol. The molecule has 0 unspecified atom stereocenters. The second-order valence-corrected chi connectivity index (χ2v) is 7.55. The Morgan fingerprint density at radius 1 is 1.03 bits per heavy atom. The van der Waals surface area contributed by atoms with Crippen molar-refractivity contribution in [2.75, 3.05) is 5.32 Å². The van der Waals surface area contributed by atoms with Crippen LogP contribution in [0, 0.1) is 26.6 Å². The van der Waals surface area contributed by atoms with Crippen LogP contribution in [-0.4, -0.2) is 25.9 Å². The third-order valence-electron chi connectivity index (χ3n) is 5.01. The summed E-state index contributed by atoms with van der Waals surface area (Å²) in [5, 5.41) is 15.5. The molecular formula is C23H19ClFN5O2. The number of anilines is 1. The lowest BCUT2D eigenvalue weighted by Crippen LogP contribution is -2.12. The van der Waals surface area contributed by atoms with E-state index in [1.54, 1.807) is 41.1 Å². The number of aryl methyl sites for hydroxylation is 1. The molecule has 2 aromatic carbocycles. The van der Waals surface area contributed by atoms with Gasteiger partial charge in [-0.25, -0.2) is 9.07 Å². The quantitative estimate of drug-likeness (QED) is 0.438. The minimum atomic E-state index is -0.505. The zero-order valence-electron chi connectivity index (χ0n) is 17.6. The number of carbonyl (C=O) groups excluding carboxylic acids is 1. The van der Waals surface area contributed by atoms with E-state index in [0.717, 1.165) is 23.0 Å². The summed E-state index contributed by atoms with van der Waals surface area (Å²) in [4.78, 5) is 12.3. The number of nitrogens with zero attached hydrogens (tertiary/aromatic N) is 4. The first-order chi connectivity index (χ1) is 15.3. The van der Waals surface area contributed by atoms with Crippen LogP contribution >= 0.6 is 11.6 Å². The fourth-order valence-corrected chi connectivity index (χ4v) is 3.28. The van der Waals surface area contributed by atoms with Crippen molar-refractivity contribution in [1.82, 2.24) is 20.0 Å². The summed E-state index contributed by atoms with van der Waals surface area (Å²) < 4.78 is 20.6. The van der Waals surface area contributed by atoms with E-state index < -0.39 is 11.7 Å². The summed E-state index contributed by atoms with van der Waals surface area (Å²) in [5.74, 6) is 0.496. The maximum atomic E-state index is 13.2. The van der Waals surface area contributed by atoms with Crippen LogP contribution in [-0.2, 0) is 0 Å². The Morgan fingerprint density at radius 3 is 2.38 bits per heavy atom. The van der Waals surface area contributed by atoms with Crippen LogP contribution in [0.1, 0.15) is 27.3 Å². The van der Waals surface area contributed by atoms with Gasteiger partial charge in [-0.15, -0.1) is 10.2 Å². The molecule has 0 saturated carbocycles. The lowest BCUT2D eigenvalue weighted by molar-refractivity contribution is 0.102. The maximum absolute atomic E-state index is 13.2. The Labute approximate surface area is 188 Å². The second-order valence-electron chi connectivity index (χ2n) is 7.14. The summed E-state index contributed by atoms with van der Waals surface area (Å²) in [6, 6.07) is 13.8. The number of benzene rings is 2. The van der Waals surface area contributed by atoms with Gasteiger partial charge in [-0.3, -0.25) is 4.79 Å². The second kappa shape index (κ2) is 8.76. The predicted octanol–water partition coefficient (Wildman–Crippen LogP) is 5.42. The van der Waals surface area contributed by atoms with Gasteiger partial charge in [-0.2, -0.15) is 5.10 Å². The highest BCUT2D eigenvalue weighted by atomic mass is 35.5. The smallest absolute Gasteiger partial charge is 0.257 e. The molecular weight excluding hydrogens is 433 g/mol. The molecule has 32 heavy (non-hydrogen) atoms. The highest BCUT2D eigenvalue weighted by molar-refractivity contribution is 6.34. The van der Waals surface area contributed by atoms with Gasteiger partial charge in [0.1, 0.15) is 11.6 Å². The summed E-state index contributed by atoms with van der Waals surface area (Å²) >= 11 is 5.93. The molecule has 0 aliphatic rings. The Hall–Kier alpha value is -3.78. The molecule has 0 aliphatic heterocycles. The molecule has 2 heterocycles. The number of hydrogen-bond acceptors (Lipinski definition) is 5. The number of carbonyl (C=O) groups is 1. The van der Waals surface area contributed by atoms with E-state index in [-0.39, 0.29) is 10.6 Å². The monoisotopic (exact) mass is 451 g/mol. The summed E-state index contributed by atoms with van der Waals surface area (Å²) in [6.45, 7) is 5.94. The van der Waals surface area contributed by atoms with E-state index in [0.29, 0.717) is 23.1 Å². The molecule has 0 aliphatic carbocycles. The van der Waals surface area contributed by atoms with Crippen LogP contribution in [0.2, 0.25) is 5.02 Å². The lowest BCUT2D eigenvalue weighted by Gasteiger charge is -2.09. The normalized spacial score (nSPS) is 10.8. The topological polar surface area (TPSA) is 81.9 Å². The number of amides is 1. The van der Waals surface area contributed by atoms with Crippen molar-refractivity contribution in [3.63, 3.8) is 0 Å². The third-order valence-corrected chi connectivity index (χ3v) is 5.32. The molecule has 4 aromatic rings. The standard InChI is InChI=1S/C23H19ClFN5O2/c1-13-14(2)29-30(15(13)3)21-10-11-22(28-27-21)32-18-7-5-17(6-8-18)26-23(31)19-9-4-16(25)12-20(19)24/h4-12H,1-3H3,(H,26,31). The van der Waals surface area contributed by atoms with Gasteiger partial charge in [0, 0.05) is 17.4 Å². The van der Waals surface area contributed by atoms with Gasteiger partial charge < -0.3 is 10.1 Å². The van der Waals surface area contributed by atoms with Crippen LogP contribution in [0.5, 0.6) is 11.6 Å². The first kappa shape index (κ1) is 21.5. The first-order valence-corrected chi connectivity index (χ1v) is 10.1. The molecule has 2 aromatic heterocycles. The van der Waals surface area contributed by atoms with Gasteiger partial charge in [0.25, 0.3) is 5.91 Å². The number of ether oxygens (including phenoxy) is 1. The minimum absolute atomic E-state index is 0.0418. The molecule has 162 valence electrons. The van der Waals surface area contributed by atoms with Crippen molar-refractivity contribution in [2.45, 2.75) is 20.8 Å². The van der Waals surface area contributed by atoms with Crippen LogP contribution in [0.15, 0.2) is 54.6 Å². The number of nitrogens with one attached hydrogen (secondary N) is 1. The van der Waals surface area contributed by atoms with Crippen molar-refractivity contribution in [2.24, 2.45) is 0 Å². The fraction of sp³-hybridized carbons (Fsp3) is 0.130. The molecule has 4 rings (SSSR count). The summed E-state index contributed by atoms with van der Waals surface area (Å²) in [6.07, 6.45) is 0. The van der Waals surface area contributed by atoms with Crippen molar-refractivity contribution in [3.05, 3.63) is 88.0 Å². The fourth-order valence-electron chi connectivity index (χ4n) is 3.02. The van der Waals surface area contributed by atoms with Crippen LogP contribution in [0.4, 0.5) is 10.1 Å². The molecule has 9 heteroatoms. The number of halogens is 2. The van der Waals surface area contributed by atoms with Gasteiger partial charge >= 0.3 is 0 Å². The summed E-state index contributed by atoms with van der Waals surface area (Å²) in [5.41, 5.74) is 3.77. The maximum Gasteiger partial charge on any atom is 0.257 e. The zero-order chi connectivity index (χ0) is 22.8. The number of rotatable bonds is 5. The Kier molecular flexibility index (Phi) is 5.87.